The van der Waals surface area contributed by atoms with Gasteiger partial charge in [-0.2, -0.15) is 0 Å². The number of methoxy groups -OCH3 is 1. The van der Waals surface area contributed by atoms with E-state index in [4.69, 9.17) is 4.74 Å². The van der Waals surface area contributed by atoms with Crippen molar-refractivity contribution in [2.45, 2.75) is 58.0 Å². The summed E-state index contributed by atoms with van der Waals surface area (Å²) in [5.74, 6) is -0.370. The molecule has 0 aromatic carbocycles. The third-order valence-corrected chi connectivity index (χ3v) is 3.29. The van der Waals surface area contributed by atoms with Crippen LogP contribution in [0.3, 0.4) is 0 Å². The number of esters is 1. The molecular formula is C12H21NO3. The molecule has 0 aromatic heterocycles. The third-order valence-electron chi connectivity index (χ3n) is 3.29. The zero-order valence-corrected chi connectivity index (χ0v) is 10.4. The summed E-state index contributed by atoms with van der Waals surface area (Å²) in [6.07, 6.45) is 5.52. The summed E-state index contributed by atoms with van der Waals surface area (Å²) < 4.78 is 4.70. The van der Waals surface area contributed by atoms with Crippen LogP contribution in [0.5, 0.6) is 0 Å². The number of rotatable bonds is 3. The van der Waals surface area contributed by atoms with Crippen LogP contribution in [-0.4, -0.2) is 36.0 Å². The quantitative estimate of drug-likeness (QED) is 0.690. The monoisotopic (exact) mass is 227 g/mol. The maximum absolute atomic E-state index is 11.6. The van der Waals surface area contributed by atoms with Gasteiger partial charge in [-0.05, 0) is 19.8 Å². The van der Waals surface area contributed by atoms with Gasteiger partial charge in [-0.1, -0.05) is 19.3 Å². The molecule has 1 rings (SSSR count). The van der Waals surface area contributed by atoms with Gasteiger partial charge in [-0.3, -0.25) is 4.79 Å². The Labute approximate surface area is 96.9 Å². The smallest absolute Gasteiger partial charge is 0.328 e. The Morgan fingerprint density at radius 3 is 2.25 bits per heavy atom. The number of ether oxygens (including phenoxy) is 1. The predicted molar refractivity (Wildman–Crippen MR) is 60.9 cm³/mol. The normalized spacial score (nSPS) is 18.9. The molecule has 1 aliphatic rings. The molecule has 0 spiro atoms. The van der Waals surface area contributed by atoms with Gasteiger partial charge in [0.05, 0.1) is 7.11 Å². The summed E-state index contributed by atoms with van der Waals surface area (Å²) in [4.78, 5) is 24.8. The first-order valence-corrected chi connectivity index (χ1v) is 5.94. The largest absolute Gasteiger partial charge is 0.467 e. The summed E-state index contributed by atoms with van der Waals surface area (Å²) in [6.45, 7) is 3.26. The van der Waals surface area contributed by atoms with E-state index in [1.807, 2.05) is 0 Å². The fourth-order valence-corrected chi connectivity index (χ4v) is 2.49. The minimum absolute atomic E-state index is 0.0372. The summed E-state index contributed by atoms with van der Waals surface area (Å²) in [6, 6.07) is -0.258. The van der Waals surface area contributed by atoms with Crippen LogP contribution in [-0.2, 0) is 14.3 Å². The summed E-state index contributed by atoms with van der Waals surface area (Å²) >= 11 is 0. The molecule has 0 aliphatic heterocycles. The summed E-state index contributed by atoms with van der Waals surface area (Å²) in [5, 5.41) is 0. The van der Waals surface area contributed by atoms with Gasteiger partial charge in [0.25, 0.3) is 0 Å². The number of hydrogen-bond acceptors (Lipinski definition) is 3. The molecule has 4 heteroatoms. The van der Waals surface area contributed by atoms with Crippen molar-refractivity contribution in [3.05, 3.63) is 0 Å². The van der Waals surface area contributed by atoms with Crippen LogP contribution in [0, 0.1) is 0 Å². The fourth-order valence-electron chi connectivity index (χ4n) is 2.49. The predicted octanol–water partition coefficient (Wildman–Crippen LogP) is 1.73. The van der Waals surface area contributed by atoms with Crippen LogP contribution < -0.4 is 0 Å². The molecule has 0 radical (unpaired) electrons. The van der Waals surface area contributed by atoms with E-state index in [0.29, 0.717) is 0 Å². The highest BCUT2D eigenvalue weighted by Crippen LogP contribution is 2.24. The van der Waals surface area contributed by atoms with Crippen molar-refractivity contribution in [3.8, 4) is 0 Å². The molecule has 1 fully saturated rings. The molecule has 0 N–H and O–H groups in total. The van der Waals surface area contributed by atoms with E-state index in [9.17, 15) is 9.59 Å². The molecule has 1 aliphatic carbocycles. The Hall–Kier alpha value is -1.06. The number of carbonyl (C=O) groups excluding carboxylic acids is 2. The number of nitrogens with zero attached hydrogens (tertiary/aromatic N) is 1. The van der Waals surface area contributed by atoms with Gasteiger partial charge in [0, 0.05) is 13.0 Å². The Balaban J connectivity index is 2.72. The molecule has 0 saturated heterocycles. The minimum atomic E-state index is -0.467. The molecule has 16 heavy (non-hydrogen) atoms. The number of hydrogen-bond donors (Lipinski definition) is 0. The Kier molecular flexibility index (Phi) is 4.77. The second-order valence-electron chi connectivity index (χ2n) is 4.42. The highest BCUT2D eigenvalue weighted by molar-refractivity contribution is 5.83. The lowest BCUT2D eigenvalue weighted by molar-refractivity contribution is -0.153. The Morgan fingerprint density at radius 1 is 1.25 bits per heavy atom. The van der Waals surface area contributed by atoms with Crippen LogP contribution in [0.1, 0.15) is 46.0 Å². The van der Waals surface area contributed by atoms with Crippen LogP contribution >= 0.6 is 0 Å². The van der Waals surface area contributed by atoms with Crippen molar-refractivity contribution >= 4 is 11.9 Å². The van der Waals surface area contributed by atoms with E-state index in [2.05, 4.69) is 0 Å². The van der Waals surface area contributed by atoms with Crippen LogP contribution in [0.4, 0.5) is 0 Å². The van der Waals surface area contributed by atoms with Crippen LogP contribution in [0.25, 0.3) is 0 Å². The topological polar surface area (TPSA) is 46.6 Å². The molecule has 1 amide bonds. The van der Waals surface area contributed by atoms with E-state index in [-0.39, 0.29) is 17.9 Å². The summed E-state index contributed by atoms with van der Waals surface area (Å²) in [5.41, 5.74) is 0. The number of amides is 1. The summed E-state index contributed by atoms with van der Waals surface area (Å²) in [7, 11) is 1.36. The zero-order valence-electron chi connectivity index (χ0n) is 10.4. The average molecular weight is 227 g/mol. The first-order chi connectivity index (χ1) is 7.57. The van der Waals surface area contributed by atoms with Gasteiger partial charge in [-0.25, -0.2) is 4.79 Å². The minimum Gasteiger partial charge on any atom is -0.467 e. The fraction of sp³-hybridized carbons (Fsp3) is 0.833. The lowest BCUT2D eigenvalue weighted by Crippen LogP contribution is -2.49. The van der Waals surface area contributed by atoms with Gasteiger partial charge in [0.15, 0.2) is 0 Å². The first-order valence-electron chi connectivity index (χ1n) is 5.94. The van der Waals surface area contributed by atoms with Crippen LogP contribution in [0.2, 0.25) is 0 Å². The van der Waals surface area contributed by atoms with E-state index < -0.39 is 6.04 Å². The molecule has 4 nitrogen and oxygen atoms in total. The van der Waals surface area contributed by atoms with Crippen molar-refractivity contribution in [2.24, 2.45) is 0 Å². The number of carbonyl (C=O) groups is 2. The SMILES string of the molecule is COC(=O)C(C)N(C(C)=O)C1CCCCC1. The molecule has 1 saturated carbocycles. The molecule has 0 bridgehead atoms. The van der Waals surface area contributed by atoms with Crippen molar-refractivity contribution in [1.29, 1.82) is 0 Å². The van der Waals surface area contributed by atoms with E-state index >= 15 is 0 Å². The Morgan fingerprint density at radius 2 is 1.81 bits per heavy atom. The van der Waals surface area contributed by atoms with E-state index in [0.717, 1.165) is 25.7 Å². The van der Waals surface area contributed by atoms with Crippen molar-refractivity contribution in [3.63, 3.8) is 0 Å². The maximum Gasteiger partial charge on any atom is 0.328 e. The second kappa shape index (κ2) is 5.87. The lowest BCUT2D eigenvalue weighted by atomic mass is 9.93. The standard InChI is InChI=1S/C12H21NO3/c1-9(12(15)16-3)13(10(2)14)11-7-5-4-6-8-11/h9,11H,4-8H2,1-3H3. The second-order valence-corrected chi connectivity index (χ2v) is 4.42. The maximum atomic E-state index is 11.6. The van der Waals surface area contributed by atoms with Gasteiger partial charge < -0.3 is 9.64 Å². The van der Waals surface area contributed by atoms with Crippen molar-refractivity contribution < 1.29 is 14.3 Å². The zero-order chi connectivity index (χ0) is 12.1. The van der Waals surface area contributed by atoms with Gasteiger partial charge in [-0.15, -0.1) is 0 Å². The Bertz CT molecular complexity index is 259. The molecule has 1 atom stereocenters. The van der Waals surface area contributed by atoms with E-state index in [1.54, 1.807) is 11.8 Å². The third kappa shape index (κ3) is 2.97. The van der Waals surface area contributed by atoms with E-state index in [1.165, 1.54) is 20.5 Å². The van der Waals surface area contributed by atoms with Crippen LogP contribution in [0.15, 0.2) is 0 Å². The molecule has 1 unspecified atom stereocenters. The highest BCUT2D eigenvalue weighted by Gasteiger charge is 2.31. The molecule has 0 aromatic rings. The average Bonchev–Trinajstić information content (AvgIpc) is 2.29. The molecule has 0 heterocycles. The highest BCUT2D eigenvalue weighted by atomic mass is 16.5. The lowest BCUT2D eigenvalue weighted by Gasteiger charge is -2.36. The van der Waals surface area contributed by atoms with Crippen molar-refractivity contribution in [2.75, 3.05) is 7.11 Å². The molecule has 92 valence electrons. The van der Waals surface area contributed by atoms with Crippen molar-refractivity contribution in [1.82, 2.24) is 4.90 Å². The molecular weight excluding hydrogens is 206 g/mol. The van der Waals surface area contributed by atoms with Gasteiger partial charge in [0.2, 0.25) is 5.91 Å². The van der Waals surface area contributed by atoms with Gasteiger partial charge >= 0.3 is 5.97 Å². The van der Waals surface area contributed by atoms with Gasteiger partial charge in [0.1, 0.15) is 6.04 Å². The first kappa shape index (κ1) is 13.0.